The Hall–Kier alpha value is -2.67. The number of hydrogen-bond donors (Lipinski definition) is 3. The van der Waals surface area contributed by atoms with Gasteiger partial charge in [0.05, 0.1) is 22.5 Å². The van der Waals surface area contributed by atoms with Crippen LogP contribution in [0.4, 0.5) is 23.1 Å². The van der Waals surface area contributed by atoms with E-state index in [1.54, 1.807) is 6.07 Å². The van der Waals surface area contributed by atoms with Crippen molar-refractivity contribution in [1.82, 2.24) is 19.2 Å². The molecule has 3 heterocycles. The van der Waals surface area contributed by atoms with Crippen LogP contribution in [0.5, 0.6) is 0 Å². The van der Waals surface area contributed by atoms with Gasteiger partial charge in [-0.15, -0.1) is 0 Å². The number of amides is 1. The molecule has 1 aromatic carbocycles. The molecule has 2 aliphatic heterocycles. The molecule has 0 radical (unpaired) electrons. The van der Waals surface area contributed by atoms with Crippen LogP contribution in [0, 0.1) is 0 Å². The molecular formula is C26H39ClN8O3S. The number of carbonyl (C=O) groups excluding carboxylic acids is 1. The summed E-state index contributed by atoms with van der Waals surface area (Å²) in [6.07, 6.45) is 4.40. The minimum Gasteiger partial charge on any atom is -0.368 e. The van der Waals surface area contributed by atoms with Crippen LogP contribution in [-0.4, -0.2) is 90.1 Å². The first-order valence-electron chi connectivity index (χ1n) is 13.0. The smallest absolute Gasteiger partial charge is 0.254 e. The summed E-state index contributed by atoms with van der Waals surface area (Å²) in [7, 11) is -1.06. The lowest BCUT2D eigenvalue weighted by molar-refractivity contribution is -0.00772. The summed E-state index contributed by atoms with van der Waals surface area (Å²) in [5, 5.41) is 7.16. The van der Waals surface area contributed by atoms with Crippen molar-refractivity contribution in [2.24, 2.45) is 5.73 Å². The SMILES string of the molecule is CN1C(C)(C)CC(Nc2nc(Nc3ccc(N4CCN(S(C)(=O)=O)CC4)c(Cl)c3)ncc2C(N)=O)CC1(C)C. The number of piperazine rings is 1. The zero-order valence-electron chi connectivity index (χ0n) is 23.5. The first kappa shape index (κ1) is 29.3. The number of halogens is 1. The highest BCUT2D eigenvalue weighted by Crippen LogP contribution is 2.38. The molecule has 0 unspecified atom stereocenters. The molecule has 0 saturated carbocycles. The van der Waals surface area contributed by atoms with Crippen LogP contribution in [-0.2, 0) is 10.0 Å². The van der Waals surface area contributed by atoms with Gasteiger partial charge in [0.15, 0.2) is 0 Å². The van der Waals surface area contributed by atoms with E-state index in [4.69, 9.17) is 17.3 Å². The summed E-state index contributed by atoms with van der Waals surface area (Å²) in [6.45, 7) is 10.8. The molecule has 2 aliphatic rings. The number of nitrogens with two attached hydrogens (primary N) is 1. The third-order valence-electron chi connectivity index (χ3n) is 7.96. The minimum absolute atomic E-state index is 0.0453. The molecule has 0 aliphatic carbocycles. The number of likely N-dealkylation sites (tertiary alicyclic amines) is 1. The normalized spacial score (nSPS) is 20.5. The van der Waals surface area contributed by atoms with Crippen molar-refractivity contribution in [3.05, 3.63) is 35.0 Å². The summed E-state index contributed by atoms with van der Waals surface area (Å²) in [5.74, 6) is 0.103. The van der Waals surface area contributed by atoms with E-state index in [9.17, 15) is 13.2 Å². The second-order valence-corrected chi connectivity index (χ2v) is 14.1. The summed E-state index contributed by atoms with van der Waals surface area (Å²) in [5.41, 5.74) is 7.29. The molecular weight excluding hydrogens is 540 g/mol. The van der Waals surface area contributed by atoms with Crippen molar-refractivity contribution in [3.63, 3.8) is 0 Å². The first-order chi connectivity index (χ1) is 18.1. The Morgan fingerprint density at radius 1 is 1.10 bits per heavy atom. The van der Waals surface area contributed by atoms with Crippen molar-refractivity contribution in [1.29, 1.82) is 0 Å². The topological polar surface area (TPSA) is 137 Å². The van der Waals surface area contributed by atoms with E-state index < -0.39 is 15.9 Å². The van der Waals surface area contributed by atoms with Gasteiger partial charge in [0.2, 0.25) is 16.0 Å². The number of nitrogens with zero attached hydrogens (tertiary/aromatic N) is 5. The Morgan fingerprint density at radius 3 is 2.26 bits per heavy atom. The lowest BCUT2D eigenvalue weighted by atomic mass is 9.77. The third-order valence-corrected chi connectivity index (χ3v) is 9.56. The molecule has 1 aromatic heterocycles. The van der Waals surface area contributed by atoms with E-state index in [0.29, 0.717) is 48.7 Å². The monoisotopic (exact) mass is 578 g/mol. The minimum atomic E-state index is -3.21. The molecule has 2 fully saturated rings. The fourth-order valence-corrected chi connectivity index (χ4v) is 6.76. The van der Waals surface area contributed by atoms with Gasteiger partial charge >= 0.3 is 0 Å². The van der Waals surface area contributed by atoms with E-state index >= 15 is 0 Å². The van der Waals surface area contributed by atoms with Gasteiger partial charge in [-0.1, -0.05) is 11.6 Å². The molecule has 1 amide bonds. The molecule has 13 heteroatoms. The Bertz CT molecular complexity index is 1320. The van der Waals surface area contributed by atoms with Crippen LogP contribution in [0.3, 0.4) is 0 Å². The average molecular weight is 579 g/mol. The number of hydrogen-bond acceptors (Lipinski definition) is 9. The molecule has 11 nitrogen and oxygen atoms in total. The number of carbonyl (C=O) groups is 1. The van der Waals surface area contributed by atoms with Gasteiger partial charge in [0.1, 0.15) is 5.82 Å². The van der Waals surface area contributed by atoms with E-state index in [1.165, 1.54) is 16.8 Å². The molecule has 4 N–H and O–H groups in total. The van der Waals surface area contributed by atoms with Crippen molar-refractivity contribution in [3.8, 4) is 0 Å². The fraction of sp³-hybridized carbons (Fsp3) is 0.577. The quantitative estimate of drug-likeness (QED) is 0.452. The first-order valence-corrected chi connectivity index (χ1v) is 15.2. The van der Waals surface area contributed by atoms with Crippen molar-refractivity contribution >= 4 is 50.7 Å². The van der Waals surface area contributed by atoms with Gasteiger partial charge in [-0.3, -0.25) is 9.69 Å². The van der Waals surface area contributed by atoms with Gasteiger partial charge in [0, 0.05) is 55.2 Å². The zero-order chi connectivity index (χ0) is 28.8. The molecule has 2 aromatic rings. The summed E-state index contributed by atoms with van der Waals surface area (Å²) < 4.78 is 25.1. The van der Waals surface area contributed by atoms with Crippen LogP contribution < -0.4 is 21.3 Å². The predicted molar refractivity (Wildman–Crippen MR) is 156 cm³/mol. The van der Waals surface area contributed by atoms with Crippen LogP contribution >= 0.6 is 11.6 Å². The number of nitrogens with one attached hydrogen (secondary N) is 2. The largest absolute Gasteiger partial charge is 0.368 e. The highest BCUT2D eigenvalue weighted by atomic mass is 35.5. The van der Waals surface area contributed by atoms with Crippen LogP contribution in [0.1, 0.15) is 50.9 Å². The molecule has 4 rings (SSSR count). The van der Waals surface area contributed by atoms with E-state index in [2.05, 4.69) is 65.1 Å². The lowest BCUT2D eigenvalue weighted by Gasteiger charge is -2.53. The Morgan fingerprint density at radius 2 is 1.72 bits per heavy atom. The van der Waals surface area contributed by atoms with Gasteiger partial charge < -0.3 is 21.3 Å². The standard InChI is InChI=1S/C26H39ClN8O3S/c1-25(2)14-18(15-26(3,4)33(25)5)30-23-19(22(28)36)16-29-24(32-23)31-17-7-8-21(20(27)13-17)34-9-11-35(12-10-34)39(6,37)38/h7-8,13,16,18H,9-12,14-15H2,1-6H3,(H2,28,36)(H2,29,30,31,32). The molecule has 0 atom stereocenters. The van der Waals surface area contributed by atoms with Gasteiger partial charge in [-0.2, -0.15) is 9.29 Å². The number of piperidine rings is 1. The van der Waals surface area contributed by atoms with E-state index in [1.807, 2.05) is 12.1 Å². The highest BCUT2D eigenvalue weighted by Gasteiger charge is 2.43. The van der Waals surface area contributed by atoms with Gasteiger partial charge in [-0.25, -0.2) is 13.4 Å². The van der Waals surface area contributed by atoms with Crippen LogP contribution in [0.2, 0.25) is 5.02 Å². The lowest BCUT2D eigenvalue weighted by Crippen LogP contribution is -2.61. The second-order valence-electron chi connectivity index (χ2n) is 11.7. The summed E-state index contributed by atoms with van der Waals surface area (Å²) in [4.78, 5) is 25.5. The van der Waals surface area contributed by atoms with E-state index in [-0.39, 0.29) is 22.7 Å². The zero-order valence-corrected chi connectivity index (χ0v) is 25.0. The Kier molecular flexibility index (Phi) is 8.06. The van der Waals surface area contributed by atoms with Crippen LogP contribution in [0.15, 0.2) is 24.4 Å². The number of rotatable bonds is 7. The number of benzene rings is 1. The molecule has 0 spiro atoms. The van der Waals surface area contributed by atoms with Crippen LogP contribution in [0.25, 0.3) is 0 Å². The van der Waals surface area contributed by atoms with Crippen molar-refractivity contribution in [2.45, 2.75) is 57.7 Å². The van der Waals surface area contributed by atoms with E-state index in [0.717, 1.165) is 18.5 Å². The molecule has 0 bridgehead atoms. The number of sulfonamides is 1. The molecule has 214 valence electrons. The fourth-order valence-electron chi connectivity index (χ4n) is 5.63. The average Bonchev–Trinajstić information content (AvgIpc) is 2.82. The number of anilines is 4. The number of primary amides is 1. The highest BCUT2D eigenvalue weighted by molar-refractivity contribution is 7.88. The van der Waals surface area contributed by atoms with Gasteiger partial charge in [0.25, 0.3) is 5.91 Å². The van der Waals surface area contributed by atoms with Crippen molar-refractivity contribution < 1.29 is 13.2 Å². The Labute approximate surface area is 236 Å². The maximum absolute atomic E-state index is 12.2. The summed E-state index contributed by atoms with van der Waals surface area (Å²) in [6, 6.07) is 5.62. The summed E-state index contributed by atoms with van der Waals surface area (Å²) >= 11 is 6.62. The Balaban J connectivity index is 1.50. The predicted octanol–water partition coefficient (Wildman–Crippen LogP) is 3.12. The maximum Gasteiger partial charge on any atom is 0.254 e. The number of aromatic nitrogens is 2. The van der Waals surface area contributed by atoms with Crippen molar-refractivity contribution in [2.75, 3.05) is 55.0 Å². The maximum atomic E-state index is 12.2. The molecule has 2 saturated heterocycles. The molecule has 39 heavy (non-hydrogen) atoms. The second kappa shape index (κ2) is 10.7. The van der Waals surface area contributed by atoms with Gasteiger partial charge in [-0.05, 0) is 65.8 Å². The third kappa shape index (κ3) is 6.56.